The molecule has 1 N–H and O–H groups in total. The van der Waals surface area contributed by atoms with Crippen LogP contribution in [0.5, 0.6) is 17.2 Å². The number of amides is 1. The molecule has 0 bridgehead atoms. The summed E-state index contributed by atoms with van der Waals surface area (Å²) >= 11 is 0. The summed E-state index contributed by atoms with van der Waals surface area (Å²) in [6.07, 6.45) is 1.47. The van der Waals surface area contributed by atoms with Crippen LogP contribution in [0.3, 0.4) is 0 Å². The zero-order valence-corrected chi connectivity index (χ0v) is 21.2. The number of nitrogens with zero attached hydrogens (tertiary/aromatic N) is 2. The van der Waals surface area contributed by atoms with E-state index >= 15 is 0 Å². The molecule has 0 atom stereocenters. The van der Waals surface area contributed by atoms with Gasteiger partial charge in [-0.3, -0.25) is 4.79 Å². The number of hydrazone groups is 1. The van der Waals surface area contributed by atoms with Crippen molar-refractivity contribution in [1.82, 2.24) is 9.73 Å². The first-order chi connectivity index (χ1) is 17.4. The van der Waals surface area contributed by atoms with E-state index in [9.17, 15) is 13.2 Å². The molecule has 0 aliphatic carbocycles. The molecule has 0 heterocycles. The van der Waals surface area contributed by atoms with Crippen LogP contribution in [0.4, 0.5) is 0 Å². The Morgan fingerprint density at radius 2 is 1.67 bits per heavy atom. The van der Waals surface area contributed by atoms with E-state index in [1.165, 1.54) is 32.6 Å². The van der Waals surface area contributed by atoms with Gasteiger partial charge >= 0.3 is 0 Å². The lowest BCUT2D eigenvalue weighted by atomic mass is 10.2. The van der Waals surface area contributed by atoms with Crippen LogP contribution in [-0.4, -0.2) is 52.2 Å². The number of sulfonamides is 1. The van der Waals surface area contributed by atoms with E-state index in [2.05, 4.69) is 10.5 Å². The number of rotatable bonds is 12. The number of hydrogen-bond acceptors (Lipinski definition) is 7. The summed E-state index contributed by atoms with van der Waals surface area (Å²) in [5.74, 6) is 0.619. The highest BCUT2D eigenvalue weighted by molar-refractivity contribution is 7.89. The highest BCUT2D eigenvalue weighted by Crippen LogP contribution is 2.31. The molecule has 3 aromatic rings. The van der Waals surface area contributed by atoms with E-state index in [1.807, 2.05) is 13.0 Å². The van der Waals surface area contributed by atoms with Gasteiger partial charge in [-0.05, 0) is 54.4 Å². The predicted molar refractivity (Wildman–Crippen MR) is 137 cm³/mol. The molecule has 0 saturated carbocycles. The molecular formula is C26H29N3O6S. The standard InChI is InChI=1S/C26H29N3O6S/c1-4-35-22-12-10-20(11-13-22)17-27-28-26(30)19-29(18-21-8-6-5-7-9-21)36(31,32)25-16-23(33-2)14-15-24(25)34-3/h5-17H,4,18-19H2,1-3H3,(H,28,30)/b27-17+. The SMILES string of the molecule is CCOc1ccc(/C=N/NC(=O)CN(Cc2ccccc2)S(=O)(=O)c2cc(OC)ccc2OC)cc1. The van der Waals surface area contributed by atoms with E-state index in [4.69, 9.17) is 14.2 Å². The van der Waals surface area contributed by atoms with Crippen molar-refractivity contribution in [3.05, 3.63) is 83.9 Å². The Labute approximate surface area is 211 Å². The van der Waals surface area contributed by atoms with E-state index in [-0.39, 0.29) is 17.2 Å². The smallest absolute Gasteiger partial charge is 0.255 e. The van der Waals surface area contributed by atoms with Gasteiger partial charge in [-0.2, -0.15) is 9.41 Å². The fourth-order valence-corrected chi connectivity index (χ4v) is 4.88. The molecule has 0 aromatic heterocycles. The van der Waals surface area contributed by atoms with Crippen LogP contribution in [-0.2, 0) is 21.4 Å². The van der Waals surface area contributed by atoms with Crippen molar-refractivity contribution in [3.8, 4) is 17.2 Å². The minimum absolute atomic E-state index is 0.0282. The highest BCUT2D eigenvalue weighted by atomic mass is 32.2. The highest BCUT2D eigenvalue weighted by Gasteiger charge is 2.30. The van der Waals surface area contributed by atoms with Gasteiger partial charge in [0, 0.05) is 12.6 Å². The summed E-state index contributed by atoms with van der Waals surface area (Å²) in [6.45, 7) is 1.97. The fourth-order valence-electron chi connectivity index (χ4n) is 3.33. The second-order valence-corrected chi connectivity index (χ2v) is 9.48. The molecule has 9 nitrogen and oxygen atoms in total. The van der Waals surface area contributed by atoms with Gasteiger partial charge in [-0.25, -0.2) is 13.8 Å². The van der Waals surface area contributed by atoms with E-state index in [0.717, 1.165) is 15.6 Å². The van der Waals surface area contributed by atoms with Crippen LogP contribution < -0.4 is 19.6 Å². The lowest BCUT2D eigenvalue weighted by Gasteiger charge is -2.23. The zero-order chi connectivity index (χ0) is 26.0. The molecule has 0 spiro atoms. The third-order valence-corrected chi connectivity index (χ3v) is 6.92. The molecule has 0 unspecified atom stereocenters. The maximum atomic E-state index is 13.7. The fraction of sp³-hybridized carbons (Fsp3) is 0.231. The quantitative estimate of drug-likeness (QED) is 0.295. The maximum absolute atomic E-state index is 13.7. The third-order valence-electron chi connectivity index (χ3n) is 5.10. The monoisotopic (exact) mass is 511 g/mol. The Morgan fingerprint density at radius 3 is 2.31 bits per heavy atom. The number of carbonyl (C=O) groups is 1. The number of nitrogens with one attached hydrogen (secondary N) is 1. The molecule has 0 aliphatic heterocycles. The van der Waals surface area contributed by atoms with Crippen molar-refractivity contribution in [2.45, 2.75) is 18.4 Å². The average Bonchev–Trinajstić information content (AvgIpc) is 2.89. The van der Waals surface area contributed by atoms with Gasteiger partial charge in [0.15, 0.2) is 0 Å². The Morgan fingerprint density at radius 1 is 0.972 bits per heavy atom. The molecule has 0 aliphatic rings. The number of ether oxygens (including phenoxy) is 3. The number of methoxy groups -OCH3 is 2. The van der Waals surface area contributed by atoms with Crippen molar-refractivity contribution in [3.63, 3.8) is 0 Å². The van der Waals surface area contributed by atoms with E-state index in [0.29, 0.717) is 17.9 Å². The first-order valence-electron chi connectivity index (χ1n) is 11.2. The third kappa shape index (κ3) is 7.06. The van der Waals surface area contributed by atoms with Crippen LogP contribution in [0.15, 0.2) is 82.8 Å². The van der Waals surface area contributed by atoms with Crippen molar-refractivity contribution in [2.24, 2.45) is 5.10 Å². The van der Waals surface area contributed by atoms with Gasteiger partial charge in [0.2, 0.25) is 10.0 Å². The largest absolute Gasteiger partial charge is 0.497 e. The van der Waals surface area contributed by atoms with E-state index in [1.54, 1.807) is 54.6 Å². The molecule has 0 saturated heterocycles. The first kappa shape index (κ1) is 26.7. The average molecular weight is 512 g/mol. The summed E-state index contributed by atoms with van der Waals surface area (Å²) in [7, 11) is -1.34. The Hall–Kier alpha value is -3.89. The van der Waals surface area contributed by atoms with Crippen molar-refractivity contribution < 1.29 is 27.4 Å². The van der Waals surface area contributed by atoms with E-state index < -0.39 is 22.5 Å². The van der Waals surface area contributed by atoms with Crippen LogP contribution in [0, 0.1) is 0 Å². The molecule has 190 valence electrons. The minimum Gasteiger partial charge on any atom is -0.497 e. The molecule has 0 fully saturated rings. The maximum Gasteiger partial charge on any atom is 0.255 e. The Balaban J connectivity index is 1.81. The molecule has 0 radical (unpaired) electrons. The Kier molecular flexibility index (Phi) is 9.43. The van der Waals surface area contributed by atoms with Crippen LogP contribution >= 0.6 is 0 Å². The zero-order valence-electron chi connectivity index (χ0n) is 20.4. The van der Waals surface area contributed by atoms with Crippen molar-refractivity contribution >= 4 is 22.1 Å². The first-order valence-corrected chi connectivity index (χ1v) is 12.6. The number of hydrogen-bond donors (Lipinski definition) is 1. The topological polar surface area (TPSA) is 107 Å². The summed E-state index contributed by atoms with van der Waals surface area (Å²) in [5.41, 5.74) is 3.86. The van der Waals surface area contributed by atoms with Gasteiger partial charge in [0.1, 0.15) is 22.1 Å². The van der Waals surface area contributed by atoms with Gasteiger partial charge in [0.25, 0.3) is 5.91 Å². The molecule has 3 rings (SSSR count). The molecule has 36 heavy (non-hydrogen) atoms. The second kappa shape index (κ2) is 12.7. The van der Waals surface area contributed by atoms with Crippen LogP contribution in [0.1, 0.15) is 18.1 Å². The molecule has 10 heteroatoms. The normalized spacial score (nSPS) is 11.4. The Bertz CT molecular complexity index is 1280. The lowest BCUT2D eigenvalue weighted by Crippen LogP contribution is -2.39. The summed E-state index contributed by atoms with van der Waals surface area (Å²) in [5, 5.41) is 3.96. The van der Waals surface area contributed by atoms with Gasteiger partial charge < -0.3 is 14.2 Å². The lowest BCUT2D eigenvalue weighted by molar-refractivity contribution is -0.121. The summed E-state index contributed by atoms with van der Waals surface area (Å²) in [4.78, 5) is 12.6. The van der Waals surface area contributed by atoms with Crippen LogP contribution in [0.2, 0.25) is 0 Å². The number of benzene rings is 3. The van der Waals surface area contributed by atoms with Gasteiger partial charge in [-0.1, -0.05) is 30.3 Å². The minimum atomic E-state index is -4.16. The van der Waals surface area contributed by atoms with Gasteiger partial charge in [-0.15, -0.1) is 0 Å². The van der Waals surface area contributed by atoms with Crippen LogP contribution in [0.25, 0.3) is 0 Å². The second-order valence-electron chi connectivity index (χ2n) is 7.57. The predicted octanol–water partition coefficient (Wildman–Crippen LogP) is 3.44. The summed E-state index contributed by atoms with van der Waals surface area (Å²) < 4.78 is 44.3. The van der Waals surface area contributed by atoms with Crippen molar-refractivity contribution in [2.75, 3.05) is 27.4 Å². The van der Waals surface area contributed by atoms with Crippen molar-refractivity contribution in [1.29, 1.82) is 0 Å². The molecular weight excluding hydrogens is 482 g/mol. The molecule has 1 amide bonds. The molecule has 3 aromatic carbocycles. The van der Waals surface area contributed by atoms with Gasteiger partial charge in [0.05, 0.1) is 33.6 Å². The number of carbonyl (C=O) groups excluding carboxylic acids is 1. The summed E-state index contributed by atoms with van der Waals surface area (Å²) in [6, 6.07) is 20.6.